The molecular weight excluding hydrogens is 595 g/mol. The van der Waals surface area contributed by atoms with Gasteiger partial charge in [0.05, 0.1) is 17.6 Å². The summed E-state index contributed by atoms with van der Waals surface area (Å²) in [4.78, 5) is 0.0683. The monoisotopic (exact) mass is 612 g/mol. The highest BCUT2D eigenvalue weighted by Crippen LogP contribution is 2.41. The summed E-state index contributed by atoms with van der Waals surface area (Å²) in [6.45, 7) is 0. The van der Waals surface area contributed by atoms with Crippen molar-refractivity contribution in [1.29, 1.82) is 0 Å². The molecular formula is C27H18ClIN2O3S. The molecule has 0 amide bonds. The summed E-state index contributed by atoms with van der Waals surface area (Å²) in [5.41, 5.74) is 3.83. The van der Waals surface area contributed by atoms with Crippen LogP contribution >= 0.6 is 34.2 Å². The Labute approximate surface area is 222 Å². The van der Waals surface area contributed by atoms with Gasteiger partial charge in [0.15, 0.2) is 5.75 Å². The standard InChI is InChI=1S/C27H18ClIN2O3S/c28-19-15-16-26(34-35(32,33)21-11-5-2-6-12-21)23(17-19)24-18-30-31(20-9-3-1-4-10-20)27(24)22-13-7-8-14-25(22)29/h1-18H. The Bertz CT molecular complexity index is 1600. The molecule has 0 aliphatic heterocycles. The SMILES string of the molecule is O=S(=O)(Oc1ccc(Cl)cc1-c1cnn(-c2ccccc2)c1-c1ccccc1I)c1ccccc1. The van der Waals surface area contributed by atoms with Gasteiger partial charge >= 0.3 is 10.1 Å². The number of halogens is 2. The van der Waals surface area contributed by atoms with Crippen molar-refractivity contribution in [2.24, 2.45) is 0 Å². The van der Waals surface area contributed by atoms with E-state index in [1.54, 1.807) is 42.6 Å². The predicted molar refractivity (Wildman–Crippen MR) is 146 cm³/mol. The molecule has 4 aromatic carbocycles. The van der Waals surface area contributed by atoms with Crippen LogP contribution in [0.1, 0.15) is 0 Å². The van der Waals surface area contributed by atoms with Gasteiger partial charge < -0.3 is 4.18 Å². The average molecular weight is 613 g/mol. The van der Waals surface area contributed by atoms with Crippen molar-refractivity contribution >= 4 is 44.3 Å². The second-order valence-corrected chi connectivity index (χ2v) is 10.8. The van der Waals surface area contributed by atoms with E-state index < -0.39 is 10.1 Å². The summed E-state index contributed by atoms with van der Waals surface area (Å²) in [6, 6.07) is 30.6. The molecule has 0 bridgehead atoms. The Hall–Kier alpha value is -3.14. The first kappa shape index (κ1) is 23.6. The summed E-state index contributed by atoms with van der Waals surface area (Å²) in [7, 11) is -4.06. The van der Waals surface area contributed by atoms with Crippen LogP contribution in [-0.4, -0.2) is 18.2 Å². The molecule has 35 heavy (non-hydrogen) atoms. The molecule has 174 valence electrons. The van der Waals surface area contributed by atoms with E-state index in [0.717, 1.165) is 20.5 Å². The van der Waals surface area contributed by atoms with E-state index in [0.29, 0.717) is 16.1 Å². The zero-order chi connectivity index (χ0) is 24.4. The number of benzene rings is 4. The summed E-state index contributed by atoms with van der Waals surface area (Å²) in [5.74, 6) is 0.165. The van der Waals surface area contributed by atoms with Gasteiger partial charge in [0.2, 0.25) is 0 Å². The van der Waals surface area contributed by atoms with E-state index in [1.165, 1.54) is 12.1 Å². The average Bonchev–Trinajstić information content (AvgIpc) is 3.31. The second-order valence-electron chi connectivity index (χ2n) is 7.63. The smallest absolute Gasteiger partial charge is 0.339 e. The molecule has 0 radical (unpaired) electrons. The van der Waals surface area contributed by atoms with Crippen LogP contribution in [0, 0.1) is 3.57 Å². The maximum absolute atomic E-state index is 13.0. The van der Waals surface area contributed by atoms with Crippen molar-refractivity contribution in [1.82, 2.24) is 9.78 Å². The molecule has 0 atom stereocenters. The Morgan fingerprint density at radius 2 is 1.43 bits per heavy atom. The molecule has 1 heterocycles. The molecule has 0 saturated carbocycles. The minimum Gasteiger partial charge on any atom is -0.378 e. The number of nitrogens with zero attached hydrogens (tertiary/aromatic N) is 2. The zero-order valence-electron chi connectivity index (χ0n) is 18.2. The van der Waals surface area contributed by atoms with Crippen LogP contribution in [0.3, 0.4) is 0 Å². The molecule has 0 aliphatic carbocycles. The van der Waals surface area contributed by atoms with Crippen molar-refractivity contribution in [2.75, 3.05) is 0 Å². The van der Waals surface area contributed by atoms with Gasteiger partial charge in [-0.1, -0.05) is 66.2 Å². The van der Waals surface area contributed by atoms with E-state index in [-0.39, 0.29) is 10.6 Å². The van der Waals surface area contributed by atoms with Gasteiger partial charge in [-0.15, -0.1) is 0 Å². The number of hydrogen-bond acceptors (Lipinski definition) is 4. The summed E-state index contributed by atoms with van der Waals surface area (Å²) in [6.07, 6.45) is 1.71. The Kier molecular flexibility index (Phi) is 6.64. The van der Waals surface area contributed by atoms with Gasteiger partial charge in [0.1, 0.15) is 4.90 Å². The van der Waals surface area contributed by atoms with Crippen LogP contribution in [0.4, 0.5) is 0 Å². The fraction of sp³-hybridized carbons (Fsp3) is 0. The first-order valence-electron chi connectivity index (χ1n) is 10.6. The third-order valence-electron chi connectivity index (χ3n) is 5.36. The summed E-state index contributed by atoms with van der Waals surface area (Å²) >= 11 is 8.66. The maximum Gasteiger partial charge on any atom is 0.339 e. The number of hydrogen-bond donors (Lipinski definition) is 0. The van der Waals surface area contributed by atoms with Gasteiger partial charge in [-0.25, -0.2) is 4.68 Å². The van der Waals surface area contributed by atoms with Gasteiger partial charge in [-0.3, -0.25) is 0 Å². The van der Waals surface area contributed by atoms with Crippen molar-refractivity contribution < 1.29 is 12.6 Å². The molecule has 0 spiro atoms. The number of rotatable bonds is 6. The van der Waals surface area contributed by atoms with Crippen molar-refractivity contribution in [2.45, 2.75) is 4.90 Å². The van der Waals surface area contributed by atoms with E-state index in [1.807, 2.05) is 59.3 Å². The Morgan fingerprint density at radius 3 is 2.14 bits per heavy atom. The first-order chi connectivity index (χ1) is 16.9. The lowest BCUT2D eigenvalue weighted by Gasteiger charge is -2.15. The number of para-hydroxylation sites is 1. The molecule has 5 nitrogen and oxygen atoms in total. The highest BCUT2D eigenvalue weighted by Gasteiger charge is 2.24. The molecule has 0 N–H and O–H groups in total. The molecule has 0 unspecified atom stereocenters. The molecule has 8 heteroatoms. The van der Waals surface area contributed by atoms with Crippen molar-refractivity contribution in [3.63, 3.8) is 0 Å². The fourth-order valence-electron chi connectivity index (χ4n) is 3.76. The van der Waals surface area contributed by atoms with Crippen LogP contribution in [0.2, 0.25) is 5.02 Å². The van der Waals surface area contributed by atoms with Gasteiger partial charge in [0.25, 0.3) is 0 Å². The lowest BCUT2D eigenvalue weighted by atomic mass is 10.0. The molecule has 1 aromatic heterocycles. The Morgan fingerprint density at radius 1 is 0.771 bits per heavy atom. The zero-order valence-corrected chi connectivity index (χ0v) is 21.9. The van der Waals surface area contributed by atoms with Crippen molar-refractivity contribution in [3.8, 4) is 33.8 Å². The molecule has 0 aliphatic rings. The quantitative estimate of drug-likeness (QED) is 0.150. The van der Waals surface area contributed by atoms with E-state index >= 15 is 0 Å². The van der Waals surface area contributed by atoms with E-state index in [4.69, 9.17) is 15.8 Å². The normalized spacial score (nSPS) is 11.4. The van der Waals surface area contributed by atoms with Gasteiger partial charge in [-0.05, 0) is 71.1 Å². The molecule has 5 rings (SSSR count). The second kappa shape index (κ2) is 9.85. The first-order valence-corrected chi connectivity index (χ1v) is 13.5. The Balaban J connectivity index is 1.72. The maximum atomic E-state index is 13.0. The number of aromatic nitrogens is 2. The van der Waals surface area contributed by atoms with E-state index in [2.05, 4.69) is 27.7 Å². The largest absolute Gasteiger partial charge is 0.378 e. The minimum absolute atomic E-state index is 0.0683. The third-order valence-corrected chi connectivity index (χ3v) is 7.79. The van der Waals surface area contributed by atoms with Gasteiger partial charge in [-0.2, -0.15) is 13.5 Å². The third kappa shape index (κ3) is 4.84. The fourth-order valence-corrected chi connectivity index (χ4v) is 5.55. The summed E-state index contributed by atoms with van der Waals surface area (Å²) < 4.78 is 34.6. The van der Waals surface area contributed by atoms with Crippen LogP contribution in [0.25, 0.3) is 28.1 Å². The summed E-state index contributed by atoms with van der Waals surface area (Å²) in [5, 5.41) is 5.12. The molecule has 0 saturated heterocycles. The molecule has 0 fully saturated rings. The van der Waals surface area contributed by atoms with Crippen LogP contribution in [-0.2, 0) is 10.1 Å². The van der Waals surface area contributed by atoms with Crippen LogP contribution in [0.15, 0.2) is 114 Å². The lowest BCUT2D eigenvalue weighted by Crippen LogP contribution is -2.10. The van der Waals surface area contributed by atoms with Crippen LogP contribution < -0.4 is 4.18 Å². The highest BCUT2D eigenvalue weighted by molar-refractivity contribution is 14.1. The predicted octanol–water partition coefficient (Wildman–Crippen LogP) is 7.23. The van der Waals surface area contributed by atoms with Crippen molar-refractivity contribution in [3.05, 3.63) is 118 Å². The van der Waals surface area contributed by atoms with E-state index in [9.17, 15) is 8.42 Å². The minimum atomic E-state index is -4.06. The van der Waals surface area contributed by atoms with Gasteiger partial charge in [0, 0.05) is 25.3 Å². The highest BCUT2D eigenvalue weighted by atomic mass is 127. The topological polar surface area (TPSA) is 61.2 Å². The van der Waals surface area contributed by atoms with Crippen LogP contribution in [0.5, 0.6) is 5.75 Å². The molecule has 5 aromatic rings. The lowest BCUT2D eigenvalue weighted by molar-refractivity contribution is 0.487.